The molecule has 4 rings (SSSR count). The molecule has 2 heterocycles. The zero-order valence-corrected chi connectivity index (χ0v) is 16.4. The van der Waals surface area contributed by atoms with Gasteiger partial charge in [0.25, 0.3) is 0 Å². The van der Waals surface area contributed by atoms with E-state index in [0.717, 1.165) is 16.8 Å². The third kappa shape index (κ3) is 3.54. The lowest BCUT2D eigenvalue weighted by Gasteiger charge is -2.18. The van der Waals surface area contributed by atoms with Crippen LogP contribution in [0.2, 0.25) is 5.02 Å². The van der Waals surface area contributed by atoms with Crippen molar-refractivity contribution < 1.29 is 4.79 Å². The highest BCUT2D eigenvalue weighted by Crippen LogP contribution is 2.31. The Labute approximate surface area is 171 Å². The van der Waals surface area contributed by atoms with Crippen LogP contribution in [-0.2, 0) is 4.79 Å². The van der Waals surface area contributed by atoms with E-state index in [9.17, 15) is 9.59 Å². The summed E-state index contributed by atoms with van der Waals surface area (Å²) in [4.78, 5) is 23.9. The van der Waals surface area contributed by atoms with Crippen molar-refractivity contribution in [2.45, 2.75) is 18.9 Å². The Morgan fingerprint density at radius 2 is 1.90 bits per heavy atom. The van der Waals surface area contributed by atoms with Gasteiger partial charge in [-0.2, -0.15) is 5.10 Å². The molecule has 148 valence electrons. The molecule has 0 aliphatic carbocycles. The van der Waals surface area contributed by atoms with E-state index >= 15 is 0 Å². The molecule has 3 aromatic rings. The fourth-order valence-corrected chi connectivity index (χ4v) is 3.54. The molecular weight excluding hydrogens is 392 g/mol. The second-order valence-electron chi connectivity index (χ2n) is 6.81. The number of hydrogen-bond donors (Lipinski definition) is 2. The van der Waals surface area contributed by atoms with Crippen LogP contribution in [0.4, 0.5) is 5.95 Å². The van der Waals surface area contributed by atoms with E-state index in [-0.39, 0.29) is 11.9 Å². The summed E-state index contributed by atoms with van der Waals surface area (Å²) in [7, 11) is 0. The molecule has 8 nitrogen and oxygen atoms in total. The quantitative estimate of drug-likeness (QED) is 0.672. The Hall–Kier alpha value is -3.39. The van der Waals surface area contributed by atoms with Crippen LogP contribution in [0.3, 0.4) is 0 Å². The van der Waals surface area contributed by atoms with Gasteiger partial charge in [-0.3, -0.25) is 4.79 Å². The predicted octanol–water partition coefficient (Wildman–Crippen LogP) is 2.28. The number of hydrogen-bond acceptors (Lipinski definition) is 5. The summed E-state index contributed by atoms with van der Waals surface area (Å²) in [5, 5.41) is 13.5. The van der Waals surface area contributed by atoms with Crippen molar-refractivity contribution in [3.63, 3.8) is 0 Å². The monoisotopic (exact) mass is 410 g/mol. The molecule has 29 heavy (non-hydrogen) atoms. The lowest BCUT2D eigenvalue weighted by molar-refractivity contribution is -0.120. The van der Waals surface area contributed by atoms with Crippen molar-refractivity contribution in [1.82, 2.24) is 14.8 Å². The zero-order chi connectivity index (χ0) is 20.5. The lowest BCUT2D eigenvalue weighted by atomic mass is 9.91. The average molecular weight is 411 g/mol. The van der Waals surface area contributed by atoms with E-state index in [1.807, 2.05) is 54.6 Å². The second kappa shape index (κ2) is 7.56. The third-order valence-corrected chi connectivity index (χ3v) is 5.22. The first kappa shape index (κ1) is 18.9. The van der Waals surface area contributed by atoms with E-state index in [4.69, 9.17) is 22.4 Å². The molecule has 0 spiro atoms. The highest BCUT2D eigenvalue weighted by Gasteiger charge is 2.33. The number of H-pyrrole nitrogens is 1. The van der Waals surface area contributed by atoms with Crippen LogP contribution < -0.4 is 16.4 Å². The molecule has 0 saturated heterocycles. The number of anilines is 1. The molecule has 1 aliphatic heterocycles. The van der Waals surface area contributed by atoms with Crippen molar-refractivity contribution in [2.75, 3.05) is 11.6 Å². The summed E-state index contributed by atoms with van der Waals surface area (Å²) in [6, 6.07) is 16.5. The number of aromatic amines is 1. The first-order valence-electron chi connectivity index (χ1n) is 9.09. The number of nitrogens with one attached hydrogen (secondary N) is 1. The highest BCUT2D eigenvalue weighted by molar-refractivity contribution is 6.30. The number of amides is 1. The van der Waals surface area contributed by atoms with Crippen LogP contribution >= 0.6 is 11.6 Å². The van der Waals surface area contributed by atoms with Gasteiger partial charge in [-0.25, -0.2) is 19.5 Å². The molecule has 1 aliphatic rings. The van der Waals surface area contributed by atoms with Gasteiger partial charge < -0.3 is 5.73 Å². The molecule has 0 unspecified atom stereocenters. The van der Waals surface area contributed by atoms with Gasteiger partial charge >= 0.3 is 5.69 Å². The van der Waals surface area contributed by atoms with Crippen LogP contribution in [0.15, 0.2) is 64.5 Å². The number of primary amides is 1. The van der Waals surface area contributed by atoms with E-state index < -0.39 is 17.6 Å². The zero-order valence-electron chi connectivity index (χ0n) is 15.6. The smallest absolute Gasteiger partial charge is 0.345 e. The number of carbonyl (C=O) groups is 1. The summed E-state index contributed by atoms with van der Waals surface area (Å²) in [5.74, 6) is -0.442. The Morgan fingerprint density at radius 1 is 1.21 bits per heavy atom. The Balaban J connectivity index is 1.80. The van der Waals surface area contributed by atoms with Crippen LogP contribution in [-0.4, -0.2) is 32.9 Å². The summed E-state index contributed by atoms with van der Waals surface area (Å²) < 4.78 is 1.22. The molecule has 2 atom stereocenters. The number of nitrogens with zero attached hydrogens (tertiary/aromatic N) is 4. The predicted molar refractivity (Wildman–Crippen MR) is 111 cm³/mol. The number of halogens is 1. The van der Waals surface area contributed by atoms with Gasteiger partial charge in [0.15, 0.2) is 0 Å². The number of hydrazone groups is 1. The lowest BCUT2D eigenvalue weighted by Crippen LogP contribution is -2.33. The van der Waals surface area contributed by atoms with Gasteiger partial charge in [0, 0.05) is 10.9 Å². The second-order valence-corrected chi connectivity index (χ2v) is 7.25. The molecule has 2 aromatic carbocycles. The van der Waals surface area contributed by atoms with E-state index in [1.165, 1.54) is 4.57 Å². The Kier molecular flexibility index (Phi) is 4.94. The number of carbonyl (C=O) groups excluding carboxylic acids is 1. The first-order chi connectivity index (χ1) is 14.0. The van der Waals surface area contributed by atoms with Crippen LogP contribution in [0.1, 0.15) is 30.0 Å². The van der Waals surface area contributed by atoms with E-state index in [2.05, 4.69) is 10.2 Å². The minimum absolute atomic E-state index is 0.0542. The minimum atomic E-state index is -0.860. The van der Waals surface area contributed by atoms with Crippen molar-refractivity contribution in [2.24, 2.45) is 10.8 Å². The van der Waals surface area contributed by atoms with Crippen molar-refractivity contribution in [1.29, 1.82) is 0 Å². The fourth-order valence-electron chi connectivity index (χ4n) is 3.41. The van der Waals surface area contributed by atoms with Gasteiger partial charge in [-0.1, -0.05) is 54.1 Å². The molecule has 1 aromatic heterocycles. The summed E-state index contributed by atoms with van der Waals surface area (Å²) in [6.45, 7) is 2.01. The van der Waals surface area contributed by atoms with Crippen LogP contribution in [0.25, 0.3) is 0 Å². The van der Waals surface area contributed by atoms with Crippen molar-refractivity contribution in [3.8, 4) is 0 Å². The minimum Gasteiger partial charge on any atom is -0.368 e. The maximum absolute atomic E-state index is 12.2. The average Bonchev–Trinajstić information content (AvgIpc) is 3.32. The number of benzene rings is 2. The molecule has 1 amide bonds. The largest absolute Gasteiger partial charge is 0.368 e. The molecule has 9 heteroatoms. The van der Waals surface area contributed by atoms with Gasteiger partial charge in [-0.05, 0) is 30.2 Å². The van der Waals surface area contributed by atoms with Crippen LogP contribution in [0.5, 0.6) is 0 Å². The first-order valence-corrected chi connectivity index (χ1v) is 9.46. The van der Waals surface area contributed by atoms with Gasteiger partial charge in [0.05, 0.1) is 12.3 Å². The maximum atomic E-state index is 12.2. The standard InChI is InChI=1S/C20H19ClN6O2/c1-12(18(22)28)27-19(23-24-20(27)29)26-11-16(13-5-3-2-4-6-13)17(25-26)14-7-9-15(21)10-8-14/h2-10,12,16H,11H2,1H3,(H2,22,28)(H,24,29)/t12-,16+/m1/s1. The number of aromatic nitrogens is 3. The SMILES string of the molecule is C[C@H](C(N)=O)n1c(N2C[C@@H](c3ccccc3)C(c3ccc(Cl)cc3)=N2)n[nH]c1=O. The van der Waals surface area contributed by atoms with Crippen LogP contribution in [0, 0.1) is 0 Å². The van der Waals surface area contributed by atoms with Gasteiger partial charge in [0.2, 0.25) is 11.9 Å². The topological polar surface area (TPSA) is 109 Å². The van der Waals surface area contributed by atoms with Gasteiger partial charge in [0.1, 0.15) is 6.04 Å². The fraction of sp³-hybridized carbons (Fsp3) is 0.200. The summed E-state index contributed by atoms with van der Waals surface area (Å²) in [6.07, 6.45) is 0. The van der Waals surface area contributed by atoms with E-state index in [1.54, 1.807) is 11.9 Å². The number of nitrogens with two attached hydrogens (primary N) is 1. The molecule has 3 N–H and O–H groups in total. The third-order valence-electron chi connectivity index (χ3n) is 4.97. The van der Waals surface area contributed by atoms with E-state index in [0.29, 0.717) is 11.6 Å². The number of rotatable bonds is 5. The van der Waals surface area contributed by atoms with Crippen molar-refractivity contribution in [3.05, 3.63) is 81.2 Å². The molecular formula is C20H19ClN6O2. The molecule has 0 radical (unpaired) electrons. The van der Waals surface area contributed by atoms with Crippen molar-refractivity contribution >= 4 is 29.2 Å². The maximum Gasteiger partial charge on any atom is 0.345 e. The Morgan fingerprint density at radius 3 is 2.55 bits per heavy atom. The molecule has 0 fully saturated rings. The molecule has 0 saturated carbocycles. The normalized spacial score (nSPS) is 17.2. The van der Waals surface area contributed by atoms with Gasteiger partial charge in [-0.15, -0.1) is 5.10 Å². The molecule has 0 bridgehead atoms. The summed E-state index contributed by atoms with van der Waals surface area (Å²) in [5.41, 5.74) is 7.71. The highest BCUT2D eigenvalue weighted by atomic mass is 35.5. The Bertz CT molecular complexity index is 1120. The summed E-state index contributed by atoms with van der Waals surface area (Å²) >= 11 is 6.04.